The van der Waals surface area contributed by atoms with Crippen LogP contribution in [-0.2, 0) is 0 Å². The van der Waals surface area contributed by atoms with Gasteiger partial charge in [-0.3, -0.25) is 0 Å². The second-order valence-electron chi connectivity index (χ2n) is 3.31. The number of aryl methyl sites for hydroxylation is 1. The molecule has 0 fully saturated rings. The van der Waals surface area contributed by atoms with E-state index in [0.29, 0.717) is 5.82 Å². The van der Waals surface area contributed by atoms with Gasteiger partial charge in [0, 0.05) is 17.1 Å². The summed E-state index contributed by atoms with van der Waals surface area (Å²) in [4.78, 5) is 4.13. The third kappa shape index (κ3) is 2.84. The molecular formula is C11H15BrN2. The van der Waals surface area contributed by atoms with Crippen molar-refractivity contribution < 1.29 is 0 Å². The minimum atomic E-state index is 0.610. The maximum absolute atomic E-state index is 5.80. The first-order chi connectivity index (χ1) is 6.65. The van der Waals surface area contributed by atoms with E-state index in [2.05, 4.69) is 40.0 Å². The van der Waals surface area contributed by atoms with Crippen LogP contribution in [-0.4, -0.2) is 10.3 Å². The van der Waals surface area contributed by atoms with Crippen molar-refractivity contribution in [1.29, 1.82) is 0 Å². The first-order valence-corrected chi connectivity index (χ1v) is 5.72. The van der Waals surface area contributed by atoms with Crippen LogP contribution in [0.3, 0.4) is 0 Å². The van der Waals surface area contributed by atoms with Gasteiger partial charge in [0.2, 0.25) is 0 Å². The zero-order valence-electron chi connectivity index (χ0n) is 8.55. The van der Waals surface area contributed by atoms with Crippen molar-refractivity contribution in [2.24, 2.45) is 0 Å². The van der Waals surface area contributed by atoms with Crippen LogP contribution < -0.4 is 5.73 Å². The number of alkyl halides is 1. The van der Waals surface area contributed by atoms with Crippen molar-refractivity contribution >= 4 is 27.3 Å². The highest BCUT2D eigenvalue weighted by Crippen LogP contribution is 2.20. The lowest BCUT2D eigenvalue weighted by molar-refractivity contribution is 1.23. The van der Waals surface area contributed by atoms with Gasteiger partial charge in [-0.05, 0) is 37.5 Å². The highest BCUT2D eigenvalue weighted by atomic mass is 79.9. The Bertz CT molecular complexity index is 345. The molecule has 0 amide bonds. The average Bonchev–Trinajstić information content (AvgIpc) is 2.18. The van der Waals surface area contributed by atoms with Crippen LogP contribution in [0.2, 0.25) is 0 Å². The van der Waals surface area contributed by atoms with E-state index in [9.17, 15) is 0 Å². The fraction of sp³-hybridized carbons (Fsp3) is 0.364. The standard InChI is InChI=1S/C11H15BrN2/c1-8-6-10(11(13)14-7-8)9(2)4-3-5-12/h4,6-7H,3,5H2,1-2H3,(H2,13,14). The molecule has 2 N–H and O–H groups in total. The van der Waals surface area contributed by atoms with Crippen LogP contribution >= 0.6 is 15.9 Å². The second-order valence-corrected chi connectivity index (χ2v) is 4.10. The van der Waals surface area contributed by atoms with Crippen molar-refractivity contribution in [3.63, 3.8) is 0 Å². The van der Waals surface area contributed by atoms with Crippen LogP contribution in [0.25, 0.3) is 5.57 Å². The molecule has 0 aliphatic heterocycles. The van der Waals surface area contributed by atoms with E-state index in [1.54, 1.807) is 6.20 Å². The summed E-state index contributed by atoms with van der Waals surface area (Å²) in [5, 5.41) is 0.976. The third-order valence-electron chi connectivity index (χ3n) is 2.04. The molecule has 14 heavy (non-hydrogen) atoms. The van der Waals surface area contributed by atoms with Crippen molar-refractivity contribution in [2.75, 3.05) is 11.1 Å². The molecule has 0 atom stereocenters. The van der Waals surface area contributed by atoms with Crippen LogP contribution in [0.15, 0.2) is 18.3 Å². The van der Waals surface area contributed by atoms with E-state index >= 15 is 0 Å². The molecule has 2 nitrogen and oxygen atoms in total. The number of rotatable bonds is 3. The van der Waals surface area contributed by atoms with Gasteiger partial charge < -0.3 is 5.73 Å². The van der Waals surface area contributed by atoms with E-state index < -0.39 is 0 Å². The number of hydrogen-bond donors (Lipinski definition) is 1. The summed E-state index contributed by atoms with van der Waals surface area (Å²) in [5.74, 6) is 0.610. The predicted octanol–water partition coefficient (Wildman–Crippen LogP) is 3.16. The fourth-order valence-electron chi connectivity index (χ4n) is 1.28. The Hall–Kier alpha value is -0.830. The summed E-state index contributed by atoms with van der Waals surface area (Å²) < 4.78 is 0. The summed E-state index contributed by atoms with van der Waals surface area (Å²) in [6.07, 6.45) is 4.97. The van der Waals surface area contributed by atoms with Crippen LogP contribution in [0.5, 0.6) is 0 Å². The molecule has 0 spiro atoms. The summed E-state index contributed by atoms with van der Waals surface area (Å²) in [7, 11) is 0. The highest BCUT2D eigenvalue weighted by molar-refractivity contribution is 9.09. The molecule has 0 aromatic carbocycles. The molecule has 76 valence electrons. The first-order valence-electron chi connectivity index (χ1n) is 4.60. The second kappa shape index (κ2) is 5.15. The first kappa shape index (κ1) is 11.2. The molecule has 0 aliphatic carbocycles. The van der Waals surface area contributed by atoms with Gasteiger partial charge in [-0.25, -0.2) is 4.98 Å². The monoisotopic (exact) mass is 254 g/mol. The van der Waals surface area contributed by atoms with E-state index in [1.807, 2.05) is 6.92 Å². The van der Waals surface area contributed by atoms with E-state index in [1.165, 1.54) is 5.57 Å². The Labute approximate surface area is 93.4 Å². The highest BCUT2D eigenvalue weighted by Gasteiger charge is 2.02. The molecular weight excluding hydrogens is 240 g/mol. The maximum atomic E-state index is 5.80. The van der Waals surface area contributed by atoms with Crippen molar-refractivity contribution in [3.05, 3.63) is 29.5 Å². The molecule has 1 aromatic heterocycles. The van der Waals surface area contributed by atoms with Gasteiger partial charge in [0.25, 0.3) is 0 Å². The number of nitrogens with zero attached hydrogens (tertiary/aromatic N) is 1. The van der Waals surface area contributed by atoms with Crippen LogP contribution in [0.4, 0.5) is 5.82 Å². The van der Waals surface area contributed by atoms with Gasteiger partial charge in [-0.1, -0.05) is 22.0 Å². The topological polar surface area (TPSA) is 38.9 Å². The summed E-state index contributed by atoms with van der Waals surface area (Å²) in [5.41, 5.74) is 9.18. The van der Waals surface area contributed by atoms with E-state index in [4.69, 9.17) is 5.73 Å². The normalized spacial score (nSPS) is 11.8. The molecule has 3 heteroatoms. The number of pyridine rings is 1. The zero-order valence-corrected chi connectivity index (χ0v) is 10.1. The number of anilines is 1. The number of nitrogen functional groups attached to an aromatic ring is 1. The van der Waals surface area contributed by atoms with Gasteiger partial charge in [-0.15, -0.1) is 0 Å². The third-order valence-corrected chi connectivity index (χ3v) is 2.50. The van der Waals surface area contributed by atoms with Gasteiger partial charge in [0.15, 0.2) is 0 Å². The fourth-order valence-corrected chi connectivity index (χ4v) is 1.51. The molecule has 0 unspecified atom stereocenters. The Morgan fingerprint density at radius 1 is 1.64 bits per heavy atom. The lowest BCUT2D eigenvalue weighted by Gasteiger charge is -2.05. The molecule has 1 aromatic rings. The van der Waals surface area contributed by atoms with Gasteiger partial charge in [0.1, 0.15) is 5.82 Å². The molecule has 0 saturated heterocycles. The summed E-state index contributed by atoms with van der Waals surface area (Å²) in [6, 6.07) is 2.07. The number of halogens is 1. The zero-order chi connectivity index (χ0) is 10.6. The average molecular weight is 255 g/mol. The van der Waals surface area contributed by atoms with E-state index in [-0.39, 0.29) is 0 Å². The quantitative estimate of drug-likeness (QED) is 0.842. The number of aromatic nitrogens is 1. The predicted molar refractivity (Wildman–Crippen MR) is 65.4 cm³/mol. The molecule has 1 rings (SSSR count). The van der Waals surface area contributed by atoms with E-state index in [0.717, 1.165) is 22.9 Å². The van der Waals surface area contributed by atoms with Gasteiger partial charge in [-0.2, -0.15) is 0 Å². The molecule has 0 saturated carbocycles. The van der Waals surface area contributed by atoms with Crippen LogP contribution in [0.1, 0.15) is 24.5 Å². The van der Waals surface area contributed by atoms with Crippen molar-refractivity contribution in [3.8, 4) is 0 Å². The molecule has 1 heterocycles. The maximum Gasteiger partial charge on any atom is 0.130 e. The largest absolute Gasteiger partial charge is 0.383 e. The summed E-state index contributed by atoms with van der Waals surface area (Å²) in [6.45, 7) is 4.09. The summed E-state index contributed by atoms with van der Waals surface area (Å²) >= 11 is 3.39. The molecule has 0 radical (unpaired) electrons. The van der Waals surface area contributed by atoms with Crippen molar-refractivity contribution in [1.82, 2.24) is 4.98 Å². The lowest BCUT2D eigenvalue weighted by atomic mass is 10.1. The number of allylic oxidation sites excluding steroid dienone is 2. The van der Waals surface area contributed by atoms with Gasteiger partial charge in [0.05, 0.1) is 0 Å². The Balaban J connectivity index is 2.99. The Morgan fingerprint density at radius 3 is 3.00 bits per heavy atom. The minimum Gasteiger partial charge on any atom is -0.383 e. The van der Waals surface area contributed by atoms with Crippen LogP contribution in [0, 0.1) is 6.92 Å². The number of nitrogens with two attached hydrogens (primary N) is 1. The van der Waals surface area contributed by atoms with Crippen molar-refractivity contribution in [2.45, 2.75) is 20.3 Å². The Kier molecular flexibility index (Phi) is 4.14. The minimum absolute atomic E-state index is 0.610. The molecule has 0 aliphatic rings. The number of hydrogen-bond acceptors (Lipinski definition) is 2. The van der Waals surface area contributed by atoms with Gasteiger partial charge >= 0.3 is 0 Å². The SMILES string of the molecule is CC(=CCCBr)c1cc(C)cnc1N. The smallest absolute Gasteiger partial charge is 0.130 e. The lowest BCUT2D eigenvalue weighted by Crippen LogP contribution is -1.96. The molecule has 0 bridgehead atoms. The Morgan fingerprint density at radius 2 is 2.36 bits per heavy atom.